The van der Waals surface area contributed by atoms with E-state index in [1.165, 1.54) is 0 Å². The average molecular weight is 425 g/mol. The highest BCUT2D eigenvalue weighted by molar-refractivity contribution is 9.10. The first kappa shape index (κ1) is 21.7. The Kier molecular flexibility index (Phi) is 7.16. The quantitative estimate of drug-likeness (QED) is 0.464. The van der Waals surface area contributed by atoms with Gasteiger partial charge in [0.05, 0.1) is 0 Å². The maximum Gasteiger partial charge on any atom is 0.414 e. The molecule has 0 spiro atoms. The van der Waals surface area contributed by atoms with Crippen LogP contribution in [0, 0.1) is 0 Å². The first-order valence-electron chi connectivity index (χ1n) is 8.21. The Morgan fingerprint density at radius 1 is 1.08 bits per heavy atom. The van der Waals surface area contributed by atoms with Crippen LogP contribution in [0.15, 0.2) is 28.7 Å². The summed E-state index contributed by atoms with van der Waals surface area (Å²) in [5.74, 6) is 0. The van der Waals surface area contributed by atoms with Gasteiger partial charge in [0, 0.05) is 19.9 Å². The van der Waals surface area contributed by atoms with Crippen LogP contribution < -0.4 is 0 Å². The predicted octanol–water partition coefficient (Wildman–Crippen LogP) is 6.33. The Balaban J connectivity index is 2.97. The van der Waals surface area contributed by atoms with E-state index in [0.29, 0.717) is 0 Å². The van der Waals surface area contributed by atoms with Crippen LogP contribution in [0.4, 0.5) is 13.2 Å². The van der Waals surface area contributed by atoms with E-state index < -0.39 is 26.5 Å². The largest absolute Gasteiger partial charge is 0.414 e. The lowest BCUT2D eigenvalue weighted by molar-refractivity contribution is -0.227. The molecule has 0 fully saturated rings. The van der Waals surface area contributed by atoms with Gasteiger partial charge in [0.15, 0.2) is 6.10 Å². The molecule has 0 saturated carbocycles. The summed E-state index contributed by atoms with van der Waals surface area (Å²) >= 11 is 3.45. The molecule has 0 heterocycles. The summed E-state index contributed by atoms with van der Waals surface area (Å²) < 4.78 is 46.8. The second kappa shape index (κ2) is 7.91. The standard InChI is InChI=1S/C18H28BrF3OSi/c1-16(2,13-9-7-8-10-14(13)19)11-15(18(20,21)22)23-12-17(3,4)24(5)6/h7-10,15,24H,11-12H2,1-6H3. The van der Waals surface area contributed by atoms with E-state index in [0.717, 1.165) is 10.0 Å². The second-order valence-electron chi connectivity index (χ2n) is 8.05. The molecule has 0 aliphatic rings. The predicted molar refractivity (Wildman–Crippen MR) is 100 cm³/mol. The van der Waals surface area contributed by atoms with Crippen molar-refractivity contribution in [3.63, 3.8) is 0 Å². The molecule has 1 rings (SSSR count). The smallest absolute Gasteiger partial charge is 0.369 e. The molecule has 0 amide bonds. The summed E-state index contributed by atoms with van der Waals surface area (Å²) in [6.07, 6.45) is -6.23. The maximum atomic E-state index is 13.5. The van der Waals surface area contributed by atoms with Crippen molar-refractivity contribution < 1.29 is 17.9 Å². The molecule has 0 bridgehead atoms. The van der Waals surface area contributed by atoms with Gasteiger partial charge in [-0.25, -0.2) is 0 Å². The fraction of sp³-hybridized carbons (Fsp3) is 0.667. The van der Waals surface area contributed by atoms with Gasteiger partial charge in [-0.05, 0) is 28.5 Å². The number of alkyl halides is 3. The third-order valence-electron chi connectivity index (χ3n) is 4.88. The Hall–Kier alpha value is -0.333. The van der Waals surface area contributed by atoms with Crippen LogP contribution >= 0.6 is 15.9 Å². The Bertz CT molecular complexity index is 541. The molecule has 6 heteroatoms. The molecule has 0 saturated heterocycles. The van der Waals surface area contributed by atoms with Crippen LogP contribution in [0.25, 0.3) is 0 Å². The van der Waals surface area contributed by atoms with Gasteiger partial charge in [-0.2, -0.15) is 13.2 Å². The first-order chi connectivity index (χ1) is 10.8. The van der Waals surface area contributed by atoms with Crippen molar-refractivity contribution in [2.45, 2.75) is 69.9 Å². The van der Waals surface area contributed by atoms with Crippen LogP contribution in [-0.4, -0.2) is 27.7 Å². The number of benzene rings is 1. The van der Waals surface area contributed by atoms with Gasteiger partial charge in [-0.1, -0.05) is 74.9 Å². The van der Waals surface area contributed by atoms with Gasteiger partial charge in [-0.15, -0.1) is 0 Å². The number of hydrogen-bond donors (Lipinski definition) is 0. The third kappa shape index (κ3) is 5.88. The molecular formula is C18H28BrF3OSi. The van der Waals surface area contributed by atoms with Gasteiger partial charge in [0.25, 0.3) is 0 Å². The lowest BCUT2D eigenvalue weighted by Gasteiger charge is -2.35. The molecule has 1 atom stereocenters. The average Bonchev–Trinajstić information content (AvgIpc) is 2.42. The van der Waals surface area contributed by atoms with Crippen molar-refractivity contribution in [1.82, 2.24) is 0 Å². The molecule has 0 aliphatic carbocycles. The van der Waals surface area contributed by atoms with E-state index >= 15 is 0 Å². The summed E-state index contributed by atoms with van der Waals surface area (Å²) in [5, 5.41) is -0.166. The van der Waals surface area contributed by atoms with Crippen molar-refractivity contribution in [1.29, 1.82) is 0 Å². The molecule has 0 N–H and O–H groups in total. The molecule has 24 heavy (non-hydrogen) atoms. The van der Waals surface area contributed by atoms with Crippen molar-refractivity contribution in [3.05, 3.63) is 34.3 Å². The van der Waals surface area contributed by atoms with E-state index in [1.54, 1.807) is 0 Å². The summed E-state index contributed by atoms with van der Waals surface area (Å²) in [5.41, 5.74) is 0.208. The highest BCUT2D eigenvalue weighted by atomic mass is 79.9. The molecule has 1 aromatic rings. The summed E-state index contributed by atoms with van der Waals surface area (Å²) in [6.45, 7) is 12.1. The lowest BCUT2D eigenvalue weighted by Crippen LogP contribution is -2.40. The number of rotatable bonds is 7. The fourth-order valence-electron chi connectivity index (χ4n) is 2.33. The maximum absolute atomic E-state index is 13.5. The molecule has 1 aromatic carbocycles. The van der Waals surface area contributed by atoms with Crippen molar-refractivity contribution in [2.24, 2.45) is 0 Å². The van der Waals surface area contributed by atoms with E-state index in [9.17, 15) is 13.2 Å². The molecule has 138 valence electrons. The van der Waals surface area contributed by atoms with Gasteiger partial charge in [0.1, 0.15) is 0 Å². The summed E-state index contributed by atoms with van der Waals surface area (Å²) in [4.78, 5) is 0. The zero-order chi connectivity index (χ0) is 18.8. The molecule has 0 aromatic heterocycles. The minimum absolute atomic E-state index is 0.102. The van der Waals surface area contributed by atoms with E-state index in [1.807, 2.05) is 52.0 Å². The fourth-order valence-corrected chi connectivity index (χ4v) is 3.59. The Morgan fingerprint density at radius 3 is 2.08 bits per heavy atom. The van der Waals surface area contributed by atoms with Crippen molar-refractivity contribution >= 4 is 24.7 Å². The van der Waals surface area contributed by atoms with Crippen LogP contribution in [0.5, 0.6) is 0 Å². The van der Waals surface area contributed by atoms with E-state index in [2.05, 4.69) is 29.0 Å². The SMILES string of the molecule is C[SiH](C)C(C)(C)COC(CC(C)(C)c1ccccc1Br)C(F)(F)F. The second-order valence-corrected chi connectivity index (χ2v) is 12.8. The van der Waals surface area contributed by atoms with Gasteiger partial charge < -0.3 is 4.74 Å². The summed E-state index contributed by atoms with van der Waals surface area (Å²) in [6, 6.07) is 7.42. The normalized spacial score (nSPS) is 15.0. The highest BCUT2D eigenvalue weighted by Crippen LogP contribution is 2.39. The zero-order valence-corrected chi connectivity index (χ0v) is 18.0. The third-order valence-corrected chi connectivity index (χ3v) is 8.87. The highest BCUT2D eigenvalue weighted by Gasteiger charge is 2.45. The van der Waals surface area contributed by atoms with Gasteiger partial charge in [0.2, 0.25) is 0 Å². The summed E-state index contributed by atoms with van der Waals surface area (Å²) in [7, 11) is -1.11. The van der Waals surface area contributed by atoms with Crippen LogP contribution in [0.2, 0.25) is 18.1 Å². The van der Waals surface area contributed by atoms with Gasteiger partial charge >= 0.3 is 6.18 Å². The molecule has 0 aliphatic heterocycles. The van der Waals surface area contributed by atoms with Gasteiger partial charge in [-0.3, -0.25) is 0 Å². The molecule has 0 radical (unpaired) electrons. The first-order valence-corrected chi connectivity index (χ1v) is 11.9. The molecule has 1 unspecified atom stereocenters. The Morgan fingerprint density at radius 2 is 1.62 bits per heavy atom. The number of ether oxygens (including phenoxy) is 1. The monoisotopic (exact) mass is 424 g/mol. The van der Waals surface area contributed by atoms with Crippen LogP contribution in [0.1, 0.15) is 39.7 Å². The Labute approximate surface area is 153 Å². The molecule has 1 nitrogen and oxygen atoms in total. The zero-order valence-electron chi connectivity index (χ0n) is 15.3. The van der Waals surface area contributed by atoms with Crippen LogP contribution in [0.3, 0.4) is 0 Å². The topological polar surface area (TPSA) is 9.23 Å². The minimum atomic E-state index is -4.37. The van der Waals surface area contributed by atoms with E-state index in [-0.39, 0.29) is 18.1 Å². The van der Waals surface area contributed by atoms with Crippen molar-refractivity contribution in [2.75, 3.05) is 6.61 Å². The van der Waals surface area contributed by atoms with Crippen molar-refractivity contribution in [3.8, 4) is 0 Å². The number of halogens is 4. The van der Waals surface area contributed by atoms with E-state index in [4.69, 9.17) is 4.74 Å². The molecular weight excluding hydrogens is 397 g/mol. The number of hydrogen-bond acceptors (Lipinski definition) is 1. The van der Waals surface area contributed by atoms with Crippen LogP contribution in [-0.2, 0) is 10.2 Å². The lowest BCUT2D eigenvalue weighted by atomic mass is 9.79. The minimum Gasteiger partial charge on any atom is -0.369 e.